The number of nitrogens with one attached hydrogen (secondary N) is 2. The Hall–Kier alpha value is -1.55. The van der Waals surface area contributed by atoms with Crippen molar-refractivity contribution in [3.8, 4) is 0 Å². The van der Waals surface area contributed by atoms with Gasteiger partial charge in [-0.05, 0) is 38.0 Å². The highest BCUT2D eigenvalue weighted by Gasteiger charge is 2.69. The van der Waals surface area contributed by atoms with Gasteiger partial charge in [-0.3, -0.25) is 4.98 Å². The van der Waals surface area contributed by atoms with E-state index >= 15 is 0 Å². The Balaban J connectivity index is 1.51. The number of nitrogens with zero attached hydrogens (tertiary/aromatic N) is 1. The van der Waals surface area contributed by atoms with Crippen LogP contribution in [0.25, 0.3) is 0 Å². The number of fused-ring (bicyclic) bond motifs is 2. The van der Waals surface area contributed by atoms with E-state index < -0.39 is 35.4 Å². The van der Waals surface area contributed by atoms with Gasteiger partial charge in [-0.15, -0.1) is 0 Å². The zero-order valence-corrected chi connectivity index (χ0v) is 16.2. The van der Waals surface area contributed by atoms with E-state index in [0.29, 0.717) is 5.92 Å². The number of hydrogen-bond acceptors (Lipinski definition) is 7. The van der Waals surface area contributed by atoms with E-state index in [4.69, 9.17) is 19.2 Å². The molecule has 1 aliphatic carbocycles. The van der Waals surface area contributed by atoms with Crippen LogP contribution in [0.5, 0.6) is 0 Å². The molecular weight excluding hydrogens is 369 g/mol. The molecule has 6 rings (SSSR count). The number of H-pyrrole nitrogens is 1. The average molecular weight is 395 g/mol. The van der Waals surface area contributed by atoms with E-state index in [1.807, 2.05) is 6.92 Å². The quantitative estimate of drug-likeness (QED) is 0.743. The summed E-state index contributed by atoms with van der Waals surface area (Å²) in [6.45, 7) is 6.17. The topological polar surface area (TPSA) is 94.7 Å². The fraction of sp³-hybridized carbons (Fsp3) is 0.789. The van der Waals surface area contributed by atoms with Gasteiger partial charge >= 0.3 is 5.69 Å². The van der Waals surface area contributed by atoms with Gasteiger partial charge in [0, 0.05) is 18.3 Å². The summed E-state index contributed by atoms with van der Waals surface area (Å²) in [5.41, 5.74) is -1.29. The van der Waals surface area contributed by atoms with Gasteiger partial charge in [-0.1, -0.05) is 13.8 Å². The van der Waals surface area contributed by atoms with Crippen molar-refractivity contribution in [2.75, 3.05) is 5.32 Å². The first-order valence-electron chi connectivity index (χ1n) is 10.0. The van der Waals surface area contributed by atoms with Gasteiger partial charge in [0.15, 0.2) is 17.7 Å². The van der Waals surface area contributed by atoms with Crippen LogP contribution in [0.2, 0.25) is 0 Å². The third-order valence-corrected chi connectivity index (χ3v) is 7.21. The molecule has 2 unspecified atom stereocenters. The second kappa shape index (κ2) is 6.22. The summed E-state index contributed by atoms with van der Waals surface area (Å²) in [6, 6.07) is 0. The first-order chi connectivity index (χ1) is 13.3. The first-order valence-corrected chi connectivity index (χ1v) is 10.0. The number of ether oxygens (including phenoxy) is 2. The van der Waals surface area contributed by atoms with Gasteiger partial charge in [-0.25, -0.2) is 19.0 Å². The van der Waals surface area contributed by atoms with Crippen LogP contribution in [0.15, 0.2) is 11.0 Å². The van der Waals surface area contributed by atoms with Gasteiger partial charge in [0.2, 0.25) is 5.79 Å². The summed E-state index contributed by atoms with van der Waals surface area (Å²) in [5.74, 6) is -0.696. The van der Waals surface area contributed by atoms with Gasteiger partial charge in [0.05, 0.1) is 6.20 Å². The van der Waals surface area contributed by atoms with Crippen molar-refractivity contribution < 1.29 is 23.6 Å². The lowest BCUT2D eigenvalue weighted by atomic mass is 9.58. The molecule has 2 N–H and O–H groups in total. The minimum atomic E-state index is -0.862. The molecule has 2 bridgehead atoms. The van der Waals surface area contributed by atoms with Crippen molar-refractivity contribution in [2.45, 2.75) is 70.4 Å². The number of aromatic nitrogens is 2. The summed E-state index contributed by atoms with van der Waals surface area (Å²) >= 11 is 0. The summed E-state index contributed by atoms with van der Waals surface area (Å²) in [5, 5.41) is 3.01. The Morgan fingerprint density at radius 3 is 2.89 bits per heavy atom. The molecular formula is C19H26FN3O5. The minimum Gasteiger partial charge on any atom is -0.343 e. The lowest BCUT2D eigenvalue weighted by molar-refractivity contribution is -0.570. The van der Waals surface area contributed by atoms with Crippen molar-refractivity contribution in [2.24, 2.45) is 23.7 Å². The van der Waals surface area contributed by atoms with Crippen molar-refractivity contribution in [3.05, 3.63) is 22.5 Å². The molecule has 4 saturated heterocycles. The number of anilines is 1. The monoisotopic (exact) mass is 395 g/mol. The predicted molar refractivity (Wildman–Crippen MR) is 95.3 cm³/mol. The van der Waals surface area contributed by atoms with Gasteiger partial charge < -0.3 is 14.8 Å². The Morgan fingerprint density at radius 2 is 2.07 bits per heavy atom. The number of hydrogen-bond donors (Lipinski definition) is 2. The molecule has 1 spiro atoms. The van der Waals surface area contributed by atoms with E-state index in [1.165, 1.54) is 0 Å². The van der Waals surface area contributed by atoms with Crippen molar-refractivity contribution >= 4 is 5.82 Å². The summed E-state index contributed by atoms with van der Waals surface area (Å²) in [6.07, 6.45) is 3.43. The van der Waals surface area contributed by atoms with Crippen LogP contribution in [-0.4, -0.2) is 33.9 Å². The molecule has 1 aromatic rings. The van der Waals surface area contributed by atoms with E-state index in [1.54, 1.807) is 0 Å². The third-order valence-electron chi connectivity index (χ3n) is 7.21. The fourth-order valence-corrected chi connectivity index (χ4v) is 5.70. The second-order valence-electron chi connectivity index (χ2n) is 8.88. The van der Waals surface area contributed by atoms with E-state index in [0.717, 1.165) is 31.9 Å². The average Bonchev–Trinajstić information content (AvgIpc) is 2.88. The maximum Gasteiger partial charge on any atom is 0.346 e. The lowest BCUT2D eigenvalue weighted by Gasteiger charge is -2.60. The van der Waals surface area contributed by atoms with Crippen LogP contribution < -0.4 is 11.0 Å². The number of rotatable bonds is 2. The van der Waals surface area contributed by atoms with Gasteiger partial charge in [0.25, 0.3) is 0 Å². The molecule has 0 aromatic carbocycles. The second-order valence-corrected chi connectivity index (χ2v) is 8.88. The van der Waals surface area contributed by atoms with Crippen LogP contribution in [-0.2, 0) is 19.2 Å². The van der Waals surface area contributed by atoms with Gasteiger partial charge in [0.1, 0.15) is 12.0 Å². The molecule has 9 heteroatoms. The molecule has 5 aliphatic rings. The Morgan fingerprint density at radius 1 is 1.25 bits per heavy atom. The predicted octanol–water partition coefficient (Wildman–Crippen LogP) is 2.53. The Labute approximate surface area is 162 Å². The van der Waals surface area contributed by atoms with Crippen LogP contribution in [0, 0.1) is 29.5 Å². The molecule has 1 aromatic heterocycles. The maximum atomic E-state index is 14.1. The lowest BCUT2D eigenvalue weighted by Crippen LogP contribution is -2.71. The SMILES string of the molecule is C[C@H]1C(Nc2[nH]c(=O)ncc2F)O[C@@H]2O[C@]3(C)CC[C@H]4[C@H](C)CCC1[C@@]24OO3. The third kappa shape index (κ3) is 2.56. The zero-order valence-electron chi connectivity index (χ0n) is 16.2. The number of aromatic amines is 1. The molecule has 0 radical (unpaired) electrons. The molecule has 8 nitrogen and oxygen atoms in total. The normalized spacial score (nSPS) is 47.3. The molecule has 0 amide bonds. The van der Waals surface area contributed by atoms with Gasteiger partial charge in [-0.2, -0.15) is 4.98 Å². The largest absolute Gasteiger partial charge is 0.346 e. The molecule has 4 aliphatic heterocycles. The van der Waals surface area contributed by atoms with Crippen LogP contribution >= 0.6 is 0 Å². The van der Waals surface area contributed by atoms with Crippen LogP contribution in [0.1, 0.15) is 46.5 Å². The van der Waals surface area contributed by atoms with Crippen LogP contribution in [0.3, 0.4) is 0 Å². The van der Waals surface area contributed by atoms with Crippen LogP contribution in [0.4, 0.5) is 10.2 Å². The number of halogens is 1. The summed E-state index contributed by atoms with van der Waals surface area (Å²) in [7, 11) is 0. The molecule has 28 heavy (non-hydrogen) atoms. The van der Waals surface area contributed by atoms with Crippen molar-refractivity contribution in [1.82, 2.24) is 9.97 Å². The highest BCUT2D eigenvalue weighted by atomic mass is 19.1. The van der Waals surface area contributed by atoms with Crippen molar-refractivity contribution in [1.29, 1.82) is 0 Å². The molecule has 154 valence electrons. The Bertz CT molecular complexity index is 836. The van der Waals surface area contributed by atoms with Crippen molar-refractivity contribution in [3.63, 3.8) is 0 Å². The Kier molecular flexibility index (Phi) is 4.11. The summed E-state index contributed by atoms with van der Waals surface area (Å²) in [4.78, 5) is 29.2. The summed E-state index contributed by atoms with van der Waals surface area (Å²) < 4.78 is 26.7. The smallest absolute Gasteiger partial charge is 0.343 e. The molecule has 5 heterocycles. The standard InChI is InChI=1S/C19H26FN3O5/c1-9-4-5-12-10(2)15(22-14-13(20)8-21-17(24)23-14)25-16-19(12)11(9)6-7-18(3,26-16)27-28-19/h8-12,15-16H,4-7H2,1-3H3,(H2,21,22,23,24)/t9-,10-,11+,12?,15?,16-,18+,19-/m1/s1. The highest BCUT2D eigenvalue weighted by molar-refractivity contribution is 5.35. The highest BCUT2D eigenvalue weighted by Crippen LogP contribution is 2.60. The zero-order chi connectivity index (χ0) is 19.7. The van der Waals surface area contributed by atoms with E-state index in [2.05, 4.69) is 29.1 Å². The minimum absolute atomic E-state index is 0.0167. The fourth-order valence-electron chi connectivity index (χ4n) is 5.70. The van der Waals surface area contributed by atoms with E-state index in [-0.39, 0.29) is 23.6 Å². The first kappa shape index (κ1) is 18.5. The van der Waals surface area contributed by atoms with E-state index in [9.17, 15) is 9.18 Å². The molecule has 5 fully saturated rings. The maximum absolute atomic E-state index is 14.1. The molecule has 1 saturated carbocycles. The molecule has 8 atom stereocenters.